The van der Waals surface area contributed by atoms with Crippen molar-refractivity contribution in [1.82, 2.24) is 15.5 Å². The zero-order valence-electron chi connectivity index (χ0n) is 10.8. The number of hydrogen-bond acceptors (Lipinski definition) is 4. The van der Waals surface area contributed by atoms with Crippen LogP contribution in [-0.4, -0.2) is 35.2 Å². The van der Waals surface area contributed by atoms with E-state index in [2.05, 4.69) is 22.1 Å². The predicted molar refractivity (Wildman–Crippen MR) is 66.2 cm³/mol. The highest BCUT2D eigenvalue weighted by molar-refractivity contribution is 5.96. The average molecular weight is 251 g/mol. The lowest BCUT2D eigenvalue weighted by atomic mass is 10.2. The molecule has 1 aromatic rings. The van der Waals surface area contributed by atoms with Gasteiger partial charge < -0.3 is 10.1 Å². The molecule has 1 amide bonds. The Kier molecular flexibility index (Phi) is 4.65. The molecule has 0 radical (unpaired) electrons. The van der Waals surface area contributed by atoms with Crippen molar-refractivity contribution in [3.8, 4) is 0 Å². The highest BCUT2D eigenvalue weighted by Crippen LogP contribution is 2.08. The third-order valence-corrected chi connectivity index (χ3v) is 2.32. The van der Waals surface area contributed by atoms with Gasteiger partial charge in [0.05, 0.1) is 17.8 Å². The minimum atomic E-state index is -0.458. The number of amides is 1. The smallest absolute Gasteiger partial charge is 0.333 e. The molecule has 1 heterocycles. The Labute approximate surface area is 105 Å². The Morgan fingerprint density at radius 1 is 1.44 bits per heavy atom. The highest BCUT2D eigenvalue weighted by Gasteiger charge is 2.14. The van der Waals surface area contributed by atoms with Crippen molar-refractivity contribution in [1.29, 1.82) is 0 Å². The lowest BCUT2D eigenvalue weighted by molar-refractivity contribution is -0.138. The number of nitrogens with zero attached hydrogens (tertiary/aromatic N) is 1. The molecule has 1 aromatic heterocycles. The van der Waals surface area contributed by atoms with Gasteiger partial charge >= 0.3 is 5.97 Å². The van der Waals surface area contributed by atoms with E-state index in [1.807, 2.05) is 0 Å². The van der Waals surface area contributed by atoms with Crippen LogP contribution in [0.1, 0.15) is 28.7 Å². The first-order chi connectivity index (χ1) is 8.43. The second-order valence-corrected chi connectivity index (χ2v) is 3.98. The summed E-state index contributed by atoms with van der Waals surface area (Å²) in [5.41, 5.74) is 2.22. The number of ether oxygens (including phenoxy) is 1. The molecule has 0 spiro atoms. The third kappa shape index (κ3) is 3.44. The Morgan fingerprint density at radius 2 is 2.11 bits per heavy atom. The summed E-state index contributed by atoms with van der Waals surface area (Å²) in [5, 5.41) is 9.32. The number of aromatic amines is 1. The fraction of sp³-hybridized carbons (Fsp3) is 0.417. The standard InChI is InChI=1S/C12H17N3O3/c1-7(2)12(17)18-6-5-13-11(16)10-8(3)14-15-9(10)4/h1,5-6H2,2-4H3,(H,13,16)(H,14,15). The van der Waals surface area contributed by atoms with Gasteiger partial charge in [-0.2, -0.15) is 5.10 Å². The Balaban J connectivity index is 2.39. The van der Waals surface area contributed by atoms with Crippen LogP contribution in [0.25, 0.3) is 0 Å². The minimum Gasteiger partial charge on any atom is -0.460 e. The summed E-state index contributed by atoms with van der Waals surface area (Å²) in [7, 11) is 0. The first-order valence-corrected chi connectivity index (χ1v) is 5.56. The van der Waals surface area contributed by atoms with Gasteiger partial charge in [-0.1, -0.05) is 6.58 Å². The van der Waals surface area contributed by atoms with E-state index in [4.69, 9.17) is 4.74 Å². The van der Waals surface area contributed by atoms with E-state index in [0.717, 1.165) is 0 Å². The maximum atomic E-state index is 11.8. The van der Waals surface area contributed by atoms with E-state index in [1.165, 1.54) is 0 Å². The molecule has 0 saturated carbocycles. The molecule has 98 valence electrons. The summed E-state index contributed by atoms with van der Waals surface area (Å²) in [4.78, 5) is 22.9. The monoisotopic (exact) mass is 251 g/mol. The number of esters is 1. The fourth-order valence-corrected chi connectivity index (χ4v) is 1.41. The number of hydrogen-bond donors (Lipinski definition) is 2. The van der Waals surface area contributed by atoms with Gasteiger partial charge in [0.15, 0.2) is 0 Å². The summed E-state index contributed by atoms with van der Waals surface area (Å²) < 4.78 is 4.86. The molecule has 0 aromatic carbocycles. The van der Waals surface area contributed by atoms with Crippen LogP contribution in [0.2, 0.25) is 0 Å². The van der Waals surface area contributed by atoms with Crippen LogP contribution in [0.3, 0.4) is 0 Å². The normalized spacial score (nSPS) is 9.94. The quantitative estimate of drug-likeness (QED) is 0.462. The van der Waals surface area contributed by atoms with Gasteiger partial charge in [-0.05, 0) is 20.8 Å². The first kappa shape index (κ1) is 14.0. The lowest BCUT2D eigenvalue weighted by Gasteiger charge is -2.06. The highest BCUT2D eigenvalue weighted by atomic mass is 16.5. The summed E-state index contributed by atoms with van der Waals surface area (Å²) >= 11 is 0. The summed E-state index contributed by atoms with van der Waals surface area (Å²) in [6.45, 7) is 8.92. The molecule has 0 aliphatic heterocycles. The van der Waals surface area contributed by atoms with E-state index in [-0.39, 0.29) is 19.1 Å². The molecule has 0 bridgehead atoms. The third-order valence-electron chi connectivity index (χ3n) is 2.32. The van der Waals surface area contributed by atoms with Crippen molar-refractivity contribution >= 4 is 11.9 Å². The van der Waals surface area contributed by atoms with E-state index in [0.29, 0.717) is 22.5 Å². The second kappa shape index (κ2) is 6.00. The van der Waals surface area contributed by atoms with E-state index in [1.54, 1.807) is 20.8 Å². The number of aromatic nitrogens is 2. The van der Waals surface area contributed by atoms with Crippen LogP contribution < -0.4 is 5.32 Å². The van der Waals surface area contributed by atoms with Crippen molar-refractivity contribution in [2.24, 2.45) is 0 Å². The molecule has 0 saturated heterocycles. The average Bonchev–Trinajstić information content (AvgIpc) is 2.63. The SMILES string of the molecule is C=C(C)C(=O)OCCNC(=O)c1c(C)n[nH]c1C. The van der Waals surface area contributed by atoms with Crippen molar-refractivity contribution in [3.63, 3.8) is 0 Å². The van der Waals surface area contributed by atoms with Gasteiger partial charge in [0.2, 0.25) is 0 Å². The van der Waals surface area contributed by atoms with Crippen LogP contribution in [0.15, 0.2) is 12.2 Å². The molecule has 1 rings (SSSR count). The van der Waals surface area contributed by atoms with Crippen molar-refractivity contribution in [2.75, 3.05) is 13.2 Å². The van der Waals surface area contributed by atoms with Gasteiger partial charge in [-0.25, -0.2) is 4.79 Å². The van der Waals surface area contributed by atoms with E-state index in [9.17, 15) is 9.59 Å². The summed E-state index contributed by atoms with van der Waals surface area (Å²) in [5.74, 6) is -0.690. The number of carbonyl (C=O) groups excluding carboxylic acids is 2. The van der Waals surface area contributed by atoms with Crippen molar-refractivity contribution < 1.29 is 14.3 Å². The fourth-order valence-electron chi connectivity index (χ4n) is 1.41. The molecule has 0 unspecified atom stereocenters. The van der Waals surface area contributed by atoms with Gasteiger partial charge in [-0.3, -0.25) is 9.89 Å². The van der Waals surface area contributed by atoms with Crippen LogP contribution in [-0.2, 0) is 9.53 Å². The number of H-pyrrole nitrogens is 1. The summed E-state index contributed by atoms with van der Waals surface area (Å²) in [6, 6.07) is 0. The predicted octanol–water partition coefficient (Wildman–Crippen LogP) is 0.876. The zero-order valence-corrected chi connectivity index (χ0v) is 10.8. The largest absolute Gasteiger partial charge is 0.460 e. The maximum Gasteiger partial charge on any atom is 0.333 e. The van der Waals surface area contributed by atoms with Crippen molar-refractivity contribution in [3.05, 3.63) is 29.1 Å². The second-order valence-electron chi connectivity index (χ2n) is 3.98. The molecule has 0 aliphatic carbocycles. The van der Waals surface area contributed by atoms with Gasteiger partial charge in [-0.15, -0.1) is 0 Å². The van der Waals surface area contributed by atoms with Crippen LogP contribution in [0.4, 0.5) is 0 Å². The molecule has 2 N–H and O–H groups in total. The van der Waals surface area contributed by atoms with Crippen LogP contribution >= 0.6 is 0 Å². The molecule has 18 heavy (non-hydrogen) atoms. The van der Waals surface area contributed by atoms with Crippen LogP contribution in [0.5, 0.6) is 0 Å². The molecule has 6 nitrogen and oxygen atoms in total. The van der Waals surface area contributed by atoms with Gasteiger partial charge in [0, 0.05) is 11.3 Å². The van der Waals surface area contributed by atoms with E-state index >= 15 is 0 Å². The minimum absolute atomic E-state index is 0.118. The Morgan fingerprint density at radius 3 is 2.61 bits per heavy atom. The number of nitrogens with one attached hydrogen (secondary N) is 2. The van der Waals surface area contributed by atoms with Gasteiger partial charge in [0.25, 0.3) is 5.91 Å². The number of carbonyl (C=O) groups is 2. The van der Waals surface area contributed by atoms with E-state index < -0.39 is 5.97 Å². The maximum absolute atomic E-state index is 11.8. The molecular formula is C12H17N3O3. The van der Waals surface area contributed by atoms with Gasteiger partial charge in [0.1, 0.15) is 6.61 Å². The Bertz CT molecular complexity index is 457. The molecule has 0 fully saturated rings. The topological polar surface area (TPSA) is 84.1 Å². The summed E-state index contributed by atoms with van der Waals surface area (Å²) in [6.07, 6.45) is 0. The first-order valence-electron chi connectivity index (χ1n) is 5.56. The number of aryl methyl sites for hydroxylation is 2. The molecule has 0 aliphatic rings. The van der Waals surface area contributed by atoms with Crippen molar-refractivity contribution in [2.45, 2.75) is 20.8 Å². The van der Waals surface area contributed by atoms with Crippen LogP contribution in [0, 0.1) is 13.8 Å². The zero-order chi connectivity index (χ0) is 13.7. The molecular weight excluding hydrogens is 234 g/mol. The Hall–Kier alpha value is -2.11. The molecule has 6 heteroatoms. The lowest BCUT2D eigenvalue weighted by Crippen LogP contribution is -2.28. The number of rotatable bonds is 5. The molecule has 0 atom stereocenters.